The highest BCUT2D eigenvalue weighted by Gasteiger charge is 2.38. The van der Waals surface area contributed by atoms with E-state index in [4.69, 9.17) is 5.73 Å². The van der Waals surface area contributed by atoms with Crippen LogP contribution >= 0.6 is 0 Å². The molecule has 0 heterocycles. The molecule has 1 amide bonds. The summed E-state index contributed by atoms with van der Waals surface area (Å²) < 4.78 is 0. The largest absolute Gasteiger partial charge is 0.478 e. The number of rotatable bonds is 5. The number of carboxylic acids is 1. The summed E-state index contributed by atoms with van der Waals surface area (Å²) in [7, 11) is 1.62. The standard InChI is InChI=1S/C15H20N2O3/c1-17(12-6-3-2-5-11(12)14(19)20)13(18)9-15(10-16)7-4-8-15/h2-3,5-6H,4,7-10,16H2,1H3,(H,19,20). The smallest absolute Gasteiger partial charge is 0.337 e. The number of hydrogen-bond donors (Lipinski definition) is 2. The maximum atomic E-state index is 12.4. The number of hydrogen-bond acceptors (Lipinski definition) is 3. The van der Waals surface area contributed by atoms with Gasteiger partial charge in [0.05, 0.1) is 11.3 Å². The number of carboxylic acid groups (broad SMARTS) is 1. The van der Waals surface area contributed by atoms with Gasteiger partial charge < -0.3 is 15.7 Å². The van der Waals surface area contributed by atoms with E-state index < -0.39 is 5.97 Å². The third-order valence-electron chi connectivity index (χ3n) is 4.24. The second-order valence-corrected chi connectivity index (χ2v) is 5.51. The second-order valence-electron chi connectivity index (χ2n) is 5.51. The van der Waals surface area contributed by atoms with Crippen molar-refractivity contribution in [1.29, 1.82) is 0 Å². The lowest BCUT2D eigenvalue weighted by Crippen LogP contribution is -2.42. The van der Waals surface area contributed by atoms with Gasteiger partial charge in [0.2, 0.25) is 5.91 Å². The Hall–Kier alpha value is -1.88. The average molecular weight is 276 g/mol. The van der Waals surface area contributed by atoms with Crippen molar-refractivity contribution in [2.75, 3.05) is 18.5 Å². The van der Waals surface area contributed by atoms with Gasteiger partial charge in [-0.15, -0.1) is 0 Å². The van der Waals surface area contributed by atoms with Crippen molar-refractivity contribution >= 4 is 17.6 Å². The average Bonchev–Trinajstić information content (AvgIpc) is 2.41. The van der Waals surface area contributed by atoms with E-state index in [9.17, 15) is 14.7 Å². The van der Waals surface area contributed by atoms with Crippen LogP contribution in [0, 0.1) is 5.41 Å². The molecular formula is C15H20N2O3. The van der Waals surface area contributed by atoms with Crippen LogP contribution in [0.25, 0.3) is 0 Å². The molecule has 5 heteroatoms. The Labute approximate surface area is 118 Å². The molecule has 0 spiro atoms. The monoisotopic (exact) mass is 276 g/mol. The van der Waals surface area contributed by atoms with Gasteiger partial charge in [-0.25, -0.2) is 4.79 Å². The highest BCUT2D eigenvalue weighted by Crippen LogP contribution is 2.43. The molecule has 2 rings (SSSR count). The molecular weight excluding hydrogens is 256 g/mol. The van der Waals surface area contributed by atoms with Crippen LogP contribution in [0.5, 0.6) is 0 Å². The number of para-hydroxylation sites is 1. The molecule has 1 fully saturated rings. The predicted molar refractivity (Wildman–Crippen MR) is 76.8 cm³/mol. The molecule has 3 N–H and O–H groups in total. The fourth-order valence-corrected chi connectivity index (χ4v) is 2.65. The van der Waals surface area contributed by atoms with E-state index in [2.05, 4.69) is 0 Å². The summed E-state index contributed by atoms with van der Waals surface area (Å²) in [5.74, 6) is -1.11. The Morgan fingerprint density at radius 2 is 2.00 bits per heavy atom. The summed E-state index contributed by atoms with van der Waals surface area (Å²) in [6, 6.07) is 6.53. The minimum absolute atomic E-state index is 0.0798. The summed E-state index contributed by atoms with van der Waals surface area (Å²) in [5, 5.41) is 9.17. The molecule has 1 aromatic rings. The summed E-state index contributed by atoms with van der Waals surface area (Å²) in [5.41, 5.74) is 6.25. The van der Waals surface area contributed by atoms with Crippen LogP contribution in [0.2, 0.25) is 0 Å². The van der Waals surface area contributed by atoms with Crippen LogP contribution in [-0.2, 0) is 4.79 Å². The lowest BCUT2D eigenvalue weighted by atomic mass is 9.66. The van der Waals surface area contributed by atoms with Crippen molar-refractivity contribution in [2.24, 2.45) is 11.1 Å². The molecule has 108 valence electrons. The van der Waals surface area contributed by atoms with E-state index in [1.165, 1.54) is 11.0 Å². The maximum absolute atomic E-state index is 12.4. The normalized spacial score (nSPS) is 16.3. The zero-order valence-corrected chi connectivity index (χ0v) is 11.6. The molecule has 0 aliphatic heterocycles. The molecule has 0 saturated heterocycles. The van der Waals surface area contributed by atoms with Crippen molar-refractivity contribution in [3.8, 4) is 0 Å². The van der Waals surface area contributed by atoms with Gasteiger partial charge in [-0.1, -0.05) is 18.6 Å². The number of nitrogens with zero attached hydrogens (tertiary/aromatic N) is 1. The number of carbonyl (C=O) groups is 2. The first-order valence-electron chi connectivity index (χ1n) is 6.78. The highest BCUT2D eigenvalue weighted by atomic mass is 16.4. The molecule has 0 bridgehead atoms. The SMILES string of the molecule is CN(C(=O)CC1(CN)CCC1)c1ccccc1C(=O)O. The van der Waals surface area contributed by atoms with Gasteiger partial charge in [0.15, 0.2) is 0 Å². The zero-order chi connectivity index (χ0) is 14.8. The number of amides is 1. The van der Waals surface area contributed by atoms with E-state index in [0.29, 0.717) is 18.7 Å². The van der Waals surface area contributed by atoms with Gasteiger partial charge in [-0.05, 0) is 36.9 Å². The Morgan fingerprint density at radius 1 is 1.35 bits per heavy atom. The van der Waals surface area contributed by atoms with Crippen LogP contribution in [0.15, 0.2) is 24.3 Å². The number of nitrogens with two attached hydrogens (primary N) is 1. The quantitative estimate of drug-likeness (QED) is 0.860. The van der Waals surface area contributed by atoms with E-state index >= 15 is 0 Å². The fraction of sp³-hybridized carbons (Fsp3) is 0.467. The lowest BCUT2D eigenvalue weighted by molar-refractivity contribution is -0.121. The van der Waals surface area contributed by atoms with Crippen LogP contribution in [0.1, 0.15) is 36.0 Å². The Morgan fingerprint density at radius 3 is 2.50 bits per heavy atom. The summed E-state index contributed by atoms with van der Waals surface area (Å²) >= 11 is 0. The molecule has 1 aliphatic carbocycles. The molecule has 1 aromatic carbocycles. The molecule has 1 aliphatic rings. The summed E-state index contributed by atoms with van der Waals surface area (Å²) in [6.45, 7) is 0.507. The molecule has 0 aromatic heterocycles. The van der Waals surface area contributed by atoms with Crippen molar-refractivity contribution in [2.45, 2.75) is 25.7 Å². The molecule has 1 saturated carbocycles. The zero-order valence-electron chi connectivity index (χ0n) is 11.6. The topological polar surface area (TPSA) is 83.6 Å². The van der Waals surface area contributed by atoms with Gasteiger partial charge in [-0.2, -0.15) is 0 Å². The first-order chi connectivity index (χ1) is 9.49. The number of anilines is 1. The molecule has 0 radical (unpaired) electrons. The summed E-state index contributed by atoms with van der Waals surface area (Å²) in [4.78, 5) is 25.0. The van der Waals surface area contributed by atoms with Crippen molar-refractivity contribution in [3.05, 3.63) is 29.8 Å². The Bertz CT molecular complexity index is 518. The fourth-order valence-electron chi connectivity index (χ4n) is 2.65. The van der Waals surface area contributed by atoms with E-state index in [0.717, 1.165) is 19.3 Å². The van der Waals surface area contributed by atoms with Gasteiger partial charge in [0.25, 0.3) is 0 Å². The van der Waals surface area contributed by atoms with E-state index in [1.807, 2.05) is 0 Å². The van der Waals surface area contributed by atoms with E-state index in [1.54, 1.807) is 25.2 Å². The predicted octanol–water partition coefficient (Wildman–Crippen LogP) is 1.87. The van der Waals surface area contributed by atoms with Crippen LogP contribution in [0.4, 0.5) is 5.69 Å². The van der Waals surface area contributed by atoms with Crippen molar-refractivity contribution < 1.29 is 14.7 Å². The van der Waals surface area contributed by atoms with Crippen molar-refractivity contribution in [1.82, 2.24) is 0 Å². The van der Waals surface area contributed by atoms with Crippen LogP contribution in [0.3, 0.4) is 0 Å². The van der Waals surface area contributed by atoms with Crippen LogP contribution < -0.4 is 10.6 Å². The molecule has 0 unspecified atom stereocenters. The second kappa shape index (κ2) is 5.63. The maximum Gasteiger partial charge on any atom is 0.337 e. The van der Waals surface area contributed by atoms with Gasteiger partial charge in [-0.3, -0.25) is 4.79 Å². The number of benzene rings is 1. The Balaban J connectivity index is 2.17. The van der Waals surface area contributed by atoms with Gasteiger partial charge >= 0.3 is 5.97 Å². The Kier molecular flexibility index (Phi) is 4.09. The minimum atomic E-state index is -1.03. The van der Waals surface area contributed by atoms with Gasteiger partial charge in [0.1, 0.15) is 0 Å². The molecule has 5 nitrogen and oxygen atoms in total. The number of aromatic carboxylic acids is 1. The first-order valence-corrected chi connectivity index (χ1v) is 6.78. The number of carbonyl (C=O) groups excluding carboxylic acids is 1. The molecule has 0 atom stereocenters. The lowest BCUT2D eigenvalue weighted by Gasteiger charge is -2.41. The van der Waals surface area contributed by atoms with Crippen LogP contribution in [-0.4, -0.2) is 30.6 Å². The first kappa shape index (κ1) is 14.5. The third-order valence-corrected chi connectivity index (χ3v) is 4.24. The summed E-state index contributed by atoms with van der Waals surface area (Å²) in [6.07, 6.45) is 3.45. The third kappa shape index (κ3) is 2.67. The van der Waals surface area contributed by atoms with E-state index in [-0.39, 0.29) is 16.9 Å². The highest BCUT2D eigenvalue weighted by molar-refractivity contribution is 6.01. The van der Waals surface area contributed by atoms with Crippen molar-refractivity contribution in [3.63, 3.8) is 0 Å². The minimum Gasteiger partial charge on any atom is -0.478 e. The molecule has 20 heavy (non-hydrogen) atoms. The van der Waals surface area contributed by atoms with Gasteiger partial charge in [0, 0.05) is 13.5 Å².